The molecule has 0 radical (unpaired) electrons. The lowest BCUT2D eigenvalue weighted by Gasteiger charge is -2.32. The van der Waals surface area contributed by atoms with Crippen LogP contribution in [0.3, 0.4) is 0 Å². The normalized spacial score (nSPS) is 40.8. The van der Waals surface area contributed by atoms with Gasteiger partial charge < -0.3 is 9.84 Å². The van der Waals surface area contributed by atoms with Gasteiger partial charge in [0.2, 0.25) is 11.6 Å². The predicted molar refractivity (Wildman–Crippen MR) is 48.0 cm³/mol. The fourth-order valence-electron chi connectivity index (χ4n) is 2.44. The standard InChI is InChI=1S/C10H12O5/c1-15-7-3-5-4(2-6(7)11)8(12)10(14)9(5)13/h4-7,11H,2-3H2,1H3. The Labute approximate surface area is 86.4 Å². The Kier molecular flexibility index (Phi) is 2.44. The highest BCUT2D eigenvalue weighted by atomic mass is 16.5. The van der Waals surface area contributed by atoms with E-state index in [-0.39, 0.29) is 12.8 Å². The van der Waals surface area contributed by atoms with Crippen molar-refractivity contribution in [3.05, 3.63) is 0 Å². The van der Waals surface area contributed by atoms with Crippen LogP contribution in [0.2, 0.25) is 0 Å². The maximum absolute atomic E-state index is 11.4. The molecule has 0 aromatic rings. The molecule has 4 unspecified atom stereocenters. The van der Waals surface area contributed by atoms with E-state index >= 15 is 0 Å². The van der Waals surface area contributed by atoms with Crippen LogP contribution in [0.5, 0.6) is 0 Å². The molecular formula is C10H12O5. The third-order valence-corrected chi connectivity index (χ3v) is 3.32. The highest BCUT2D eigenvalue weighted by Gasteiger charge is 2.53. The molecule has 0 aromatic carbocycles. The summed E-state index contributed by atoms with van der Waals surface area (Å²) in [6, 6.07) is 0. The van der Waals surface area contributed by atoms with E-state index in [9.17, 15) is 19.5 Å². The van der Waals surface area contributed by atoms with E-state index in [1.54, 1.807) is 0 Å². The van der Waals surface area contributed by atoms with E-state index in [2.05, 4.69) is 0 Å². The first-order chi connectivity index (χ1) is 7.06. The predicted octanol–water partition coefficient (Wildman–Crippen LogP) is -0.891. The van der Waals surface area contributed by atoms with E-state index in [4.69, 9.17) is 4.74 Å². The van der Waals surface area contributed by atoms with Gasteiger partial charge in [-0.05, 0) is 12.8 Å². The third kappa shape index (κ3) is 1.42. The Bertz CT molecular complexity index is 335. The molecule has 1 N–H and O–H groups in total. The minimum atomic E-state index is -0.908. The van der Waals surface area contributed by atoms with Crippen LogP contribution in [-0.4, -0.2) is 41.8 Å². The van der Waals surface area contributed by atoms with Crippen LogP contribution < -0.4 is 0 Å². The summed E-state index contributed by atoms with van der Waals surface area (Å²) in [5.41, 5.74) is 0. The lowest BCUT2D eigenvalue weighted by Crippen LogP contribution is -2.41. The number of hydrogen-bond donors (Lipinski definition) is 1. The second-order valence-electron chi connectivity index (χ2n) is 4.08. The molecule has 2 aliphatic rings. The van der Waals surface area contributed by atoms with Gasteiger partial charge in [0, 0.05) is 18.9 Å². The maximum atomic E-state index is 11.4. The van der Waals surface area contributed by atoms with Crippen molar-refractivity contribution in [1.82, 2.24) is 0 Å². The van der Waals surface area contributed by atoms with Gasteiger partial charge in [-0.1, -0.05) is 0 Å². The summed E-state index contributed by atoms with van der Waals surface area (Å²) < 4.78 is 5.01. The molecule has 5 nitrogen and oxygen atoms in total. The maximum Gasteiger partial charge on any atom is 0.264 e. The van der Waals surface area contributed by atoms with Gasteiger partial charge in [-0.15, -0.1) is 0 Å². The van der Waals surface area contributed by atoms with Gasteiger partial charge in [0.15, 0.2) is 0 Å². The topological polar surface area (TPSA) is 80.7 Å². The number of fused-ring (bicyclic) bond motifs is 1. The van der Waals surface area contributed by atoms with Crippen molar-refractivity contribution in [2.75, 3.05) is 7.11 Å². The van der Waals surface area contributed by atoms with E-state index in [1.165, 1.54) is 7.11 Å². The molecule has 0 aromatic heterocycles. The lowest BCUT2D eigenvalue weighted by molar-refractivity contribution is -0.141. The van der Waals surface area contributed by atoms with Crippen LogP contribution in [0.4, 0.5) is 0 Å². The molecule has 5 heteroatoms. The summed E-state index contributed by atoms with van der Waals surface area (Å²) in [5, 5.41) is 9.61. The molecule has 82 valence electrons. The molecule has 2 aliphatic carbocycles. The number of hydrogen-bond acceptors (Lipinski definition) is 5. The van der Waals surface area contributed by atoms with Crippen molar-refractivity contribution in [1.29, 1.82) is 0 Å². The Morgan fingerprint density at radius 3 is 2.20 bits per heavy atom. The number of aliphatic hydroxyl groups excluding tert-OH is 1. The molecule has 2 saturated carbocycles. The van der Waals surface area contributed by atoms with Crippen molar-refractivity contribution in [2.24, 2.45) is 11.8 Å². The average Bonchev–Trinajstić information content (AvgIpc) is 2.43. The molecule has 2 rings (SSSR count). The summed E-state index contributed by atoms with van der Waals surface area (Å²) >= 11 is 0. The minimum Gasteiger partial charge on any atom is -0.390 e. The highest BCUT2D eigenvalue weighted by molar-refractivity contribution is 6.68. The van der Waals surface area contributed by atoms with Gasteiger partial charge in [-0.25, -0.2) is 0 Å². The smallest absolute Gasteiger partial charge is 0.264 e. The largest absolute Gasteiger partial charge is 0.390 e. The molecular weight excluding hydrogens is 200 g/mol. The molecule has 0 heterocycles. The summed E-state index contributed by atoms with van der Waals surface area (Å²) in [6.45, 7) is 0. The summed E-state index contributed by atoms with van der Waals surface area (Å²) in [7, 11) is 1.44. The zero-order valence-electron chi connectivity index (χ0n) is 8.30. The van der Waals surface area contributed by atoms with Crippen molar-refractivity contribution >= 4 is 17.3 Å². The first kappa shape index (κ1) is 10.4. The number of aliphatic hydroxyl groups is 1. The van der Waals surface area contributed by atoms with Crippen molar-refractivity contribution in [2.45, 2.75) is 25.0 Å². The fourth-order valence-corrected chi connectivity index (χ4v) is 2.44. The summed E-state index contributed by atoms with van der Waals surface area (Å²) in [5.74, 6) is -3.35. The van der Waals surface area contributed by atoms with Crippen molar-refractivity contribution in [3.8, 4) is 0 Å². The number of Topliss-reactive ketones (excluding diaryl/α,β-unsaturated/α-hetero) is 3. The lowest BCUT2D eigenvalue weighted by atomic mass is 9.78. The number of methoxy groups -OCH3 is 1. The van der Waals surface area contributed by atoms with E-state index in [1.807, 2.05) is 0 Å². The van der Waals surface area contributed by atoms with Crippen LogP contribution in [0, 0.1) is 11.8 Å². The van der Waals surface area contributed by atoms with Crippen LogP contribution in [-0.2, 0) is 19.1 Å². The highest BCUT2D eigenvalue weighted by Crippen LogP contribution is 2.37. The number of carbonyl (C=O) groups excluding carboxylic acids is 3. The molecule has 0 spiro atoms. The Hall–Kier alpha value is -1.07. The minimum absolute atomic E-state index is 0.152. The number of ketones is 3. The first-order valence-electron chi connectivity index (χ1n) is 4.89. The Balaban J connectivity index is 2.24. The SMILES string of the molecule is COC1CC2C(=O)C(=O)C(=O)C2CC1O. The van der Waals surface area contributed by atoms with Crippen molar-refractivity contribution < 1.29 is 24.2 Å². The third-order valence-electron chi connectivity index (χ3n) is 3.32. The number of rotatable bonds is 1. The Morgan fingerprint density at radius 1 is 1.13 bits per heavy atom. The molecule has 0 aliphatic heterocycles. The molecule has 0 bridgehead atoms. The van der Waals surface area contributed by atoms with Gasteiger partial charge in [0.25, 0.3) is 5.78 Å². The second kappa shape index (κ2) is 3.50. The van der Waals surface area contributed by atoms with Gasteiger partial charge in [0.05, 0.1) is 12.2 Å². The molecule has 15 heavy (non-hydrogen) atoms. The molecule has 4 atom stereocenters. The summed E-state index contributed by atoms with van der Waals surface area (Å²) in [4.78, 5) is 33.9. The van der Waals surface area contributed by atoms with Gasteiger partial charge in [0.1, 0.15) is 0 Å². The van der Waals surface area contributed by atoms with Crippen molar-refractivity contribution in [3.63, 3.8) is 0 Å². The second-order valence-corrected chi connectivity index (χ2v) is 4.08. The first-order valence-corrected chi connectivity index (χ1v) is 4.89. The van der Waals surface area contributed by atoms with Crippen LogP contribution in [0.15, 0.2) is 0 Å². The van der Waals surface area contributed by atoms with E-state index < -0.39 is 41.4 Å². The van der Waals surface area contributed by atoms with Gasteiger partial charge in [-0.2, -0.15) is 0 Å². The zero-order chi connectivity index (χ0) is 11.2. The fraction of sp³-hybridized carbons (Fsp3) is 0.700. The Morgan fingerprint density at radius 2 is 1.67 bits per heavy atom. The van der Waals surface area contributed by atoms with Crippen LogP contribution in [0.1, 0.15) is 12.8 Å². The molecule has 2 fully saturated rings. The number of ether oxygens (including phenoxy) is 1. The van der Waals surface area contributed by atoms with E-state index in [0.29, 0.717) is 0 Å². The average molecular weight is 212 g/mol. The summed E-state index contributed by atoms with van der Waals surface area (Å²) in [6.07, 6.45) is -0.800. The monoisotopic (exact) mass is 212 g/mol. The molecule has 0 saturated heterocycles. The quantitative estimate of drug-likeness (QED) is 0.570. The van der Waals surface area contributed by atoms with Gasteiger partial charge >= 0.3 is 0 Å². The van der Waals surface area contributed by atoms with Gasteiger partial charge in [-0.3, -0.25) is 14.4 Å². The van der Waals surface area contributed by atoms with Crippen LogP contribution in [0.25, 0.3) is 0 Å². The zero-order valence-corrected chi connectivity index (χ0v) is 8.30. The van der Waals surface area contributed by atoms with E-state index in [0.717, 1.165) is 0 Å². The molecule has 0 amide bonds. The number of carbonyl (C=O) groups is 3. The van der Waals surface area contributed by atoms with Crippen LogP contribution >= 0.6 is 0 Å².